The second-order valence-corrected chi connectivity index (χ2v) is 7.11. The number of ether oxygens (including phenoxy) is 2. The van der Waals surface area contributed by atoms with E-state index >= 15 is 0 Å². The van der Waals surface area contributed by atoms with Crippen LogP contribution in [0.3, 0.4) is 0 Å². The summed E-state index contributed by atoms with van der Waals surface area (Å²) in [5, 5.41) is 0. The lowest BCUT2D eigenvalue weighted by Crippen LogP contribution is -2.03. The van der Waals surface area contributed by atoms with Crippen LogP contribution in [0.4, 0.5) is 11.4 Å². The molecule has 6 heteroatoms. The highest BCUT2D eigenvalue weighted by Gasteiger charge is 2.03. The molecule has 0 saturated carbocycles. The molecule has 0 amide bonds. The molecule has 6 nitrogen and oxygen atoms in total. The summed E-state index contributed by atoms with van der Waals surface area (Å²) in [4.78, 5) is 15.3. The second kappa shape index (κ2) is 11.4. The highest BCUT2D eigenvalue weighted by Crippen LogP contribution is 2.28. The van der Waals surface area contributed by atoms with E-state index in [0.29, 0.717) is 13.2 Å². The maximum atomic E-state index is 5.96. The molecule has 2 aromatic heterocycles. The van der Waals surface area contributed by atoms with Gasteiger partial charge in [-0.1, -0.05) is 24.3 Å². The van der Waals surface area contributed by atoms with Crippen molar-refractivity contribution in [3.8, 4) is 11.5 Å². The van der Waals surface area contributed by atoms with E-state index in [4.69, 9.17) is 9.47 Å². The first kappa shape index (κ1) is 21.2. The number of aliphatic imine (C=N–C) groups is 2. The normalized spacial score (nSPS) is 11.4. The molecule has 32 heavy (non-hydrogen) atoms. The van der Waals surface area contributed by atoms with E-state index < -0.39 is 0 Å². The zero-order chi connectivity index (χ0) is 21.8. The summed E-state index contributed by atoms with van der Waals surface area (Å²) in [5.41, 5.74) is 3.53. The lowest BCUT2D eigenvalue weighted by Gasteiger charge is -2.10. The molecular weight excluding hydrogens is 400 g/mol. The lowest BCUT2D eigenvalue weighted by molar-refractivity contribution is 0.267. The fourth-order valence-electron chi connectivity index (χ4n) is 3.07. The number of unbranched alkanes of at least 4 members (excludes halogenated alkanes) is 1. The van der Waals surface area contributed by atoms with Gasteiger partial charge in [0.05, 0.1) is 37.0 Å². The fourth-order valence-corrected chi connectivity index (χ4v) is 3.07. The van der Waals surface area contributed by atoms with Crippen LogP contribution < -0.4 is 9.47 Å². The highest BCUT2D eigenvalue weighted by molar-refractivity contribution is 5.81. The summed E-state index contributed by atoms with van der Waals surface area (Å²) < 4.78 is 11.9. The topological polar surface area (TPSA) is 74.8 Å². The van der Waals surface area contributed by atoms with E-state index in [9.17, 15) is 0 Å². The number of nitrogens with zero attached hydrogens (tertiary/aromatic N) is 2. The molecule has 0 aliphatic heterocycles. The van der Waals surface area contributed by atoms with Crippen LogP contribution in [0.1, 0.15) is 24.2 Å². The standard InChI is InChI=1S/C26H26N4O2/c1-3-13-25(23(11-1)29-19-21-9-7-15-27-21)31-17-5-6-18-32-26-14-4-2-12-24(26)30-20-22-10-8-16-28-22/h1-4,7-16,19-20,27-28H,5-6,17-18H2. The monoisotopic (exact) mass is 426 g/mol. The molecule has 4 aromatic rings. The maximum absolute atomic E-state index is 5.96. The average Bonchev–Trinajstić information content (AvgIpc) is 3.54. The maximum Gasteiger partial charge on any atom is 0.144 e. The molecule has 2 N–H and O–H groups in total. The molecule has 0 atom stereocenters. The van der Waals surface area contributed by atoms with Crippen LogP contribution in [0.5, 0.6) is 11.5 Å². The number of hydrogen-bond acceptors (Lipinski definition) is 4. The van der Waals surface area contributed by atoms with Gasteiger partial charge in [0, 0.05) is 12.4 Å². The molecule has 4 rings (SSSR count). The van der Waals surface area contributed by atoms with E-state index in [0.717, 1.165) is 47.1 Å². The predicted molar refractivity (Wildman–Crippen MR) is 129 cm³/mol. The van der Waals surface area contributed by atoms with Crippen LogP contribution in [-0.4, -0.2) is 35.6 Å². The van der Waals surface area contributed by atoms with Gasteiger partial charge in [-0.05, 0) is 61.4 Å². The Morgan fingerprint density at radius 1 is 0.594 bits per heavy atom. The zero-order valence-corrected chi connectivity index (χ0v) is 17.8. The SMILES string of the molecule is C(=Nc1ccccc1OCCCCOc1ccccc1N=Cc1ccc[nH]1)c1ccc[nH]1. The largest absolute Gasteiger partial charge is 0.491 e. The second-order valence-electron chi connectivity index (χ2n) is 7.11. The van der Waals surface area contributed by atoms with Crippen molar-refractivity contribution in [2.45, 2.75) is 12.8 Å². The quantitative estimate of drug-likeness (QED) is 0.225. The van der Waals surface area contributed by atoms with E-state index in [-0.39, 0.29) is 0 Å². The molecule has 2 aromatic carbocycles. The van der Waals surface area contributed by atoms with E-state index in [1.807, 2.05) is 85.2 Å². The Morgan fingerprint density at radius 3 is 1.50 bits per heavy atom. The minimum atomic E-state index is 0.602. The van der Waals surface area contributed by atoms with Gasteiger partial charge in [-0.25, -0.2) is 0 Å². The summed E-state index contributed by atoms with van der Waals surface area (Å²) >= 11 is 0. The summed E-state index contributed by atoms with van der Waals surface area (Å²) in [6.45, 7) is 1.20. The molecule has 0 radical (unpaired) electrons. The van der Waals surface area contributed by atoms with Gasteiger partial charge in [-0.15, -0.1) is 0 Å². The first-order valence-electron chi connectivity index (χ1n) is 10.7. The van der Waals surface area contributed by atoms with Crippen molar-refractivity contribution in [1.82, 2.24) is 9.97 Å². The summed E-state index contributed by atoms with van der Waals surface area (Å²) in [6, 6.07) is 23.4. The van der Waals surface area contributed by atoms with Gasteiger partial charge in [0.15, 0.2) is 0 Å². The third-order valence-electron chi connectivity index (χ3n) is 4.71. The molecule has 0 fully saturated rings. The molecule has 0 bridgehead atoms. The van der Waals surface area contributed by atoms with Crippen LogP contribution in [0.15, 0.2) is 95.2 Å². The third kappa shape index (κ3) is 6.22. The van der Waals surface area contributed by atoms with Gasteiger partial charge in [0.1, 0.15) is 22.9 Å². The molecule has 0 aliphatic carbocycles. The number of aromatic nitrogens is 2. The number of para-hydroxylation sites is 4. The van der Waals surface area contributed by atoms with Gasteiger partial charge in [-0.2, -0.15) is 0 Å². The van der Waals surface area contributed by atoms with Crippen molar-refractivity contribution in [2.24, 2.45) is 9.98 Å². The molecule has 0 unspecified atom stereocenters. The van der Waals surface area contributed by atoms with Gasteiger partial charge in [-0.3, -0.25) is 9.98 Å². The van der Waals surface area contributed by atoms with E-state index in [1.165, 1.54) is 0 Å². The Morgan fingerprint density at radius 2 is 1.06 bits per heavy atom. The Balaban J connectivity index is 1.23. The summed E-state index contributed by atoms with van der Waals surface area (Å²) in [5.74, 6) is 1.56. The van der Waals surface area contributed by atoms with E-state index in [1.54, 1.807) is 12.4 Å². The van der Waals surface area contributed by atoms with Crippen molar-refractivity contribution in [2.75, 3.05) is 13.2 Å². The highest BCUT2D eigenvalue weighted by atomic mass is 16.5. The molecule has 2 heterocycles. The number of aromatic amines is 2. The molecule has 0 saturated heterocycles. The number of rotatable bonds is 11. The van der Waals surface area contributed by atoms with Crippen LogP contribution in [0.25, 0.3) is 0 Å². The number of H-pyrrole nitrogens is 2. The van der Waals surface area contributed by atoms with Crippen molar-refractivity contribution in [1.29, 1.82) is 0 Å². The first-order chi connectivity index (χ1) is 15.9. The number of benzene rings is 2. The van der Waals surface area contributed by atoms with Crippen molar-refractivity contribution in [3.63, 3.8) is 0 Å². The minimum Gasteiger partial charge on any atom is -0.491 e. The summed E-state index contributed by atoms with van der Waals surface area (Å²) in [7, 11) is 0. The van der Waals surface area contributed by atoms with Gasteiger partial charge in [0.25, 0.3) is 0 Å². The minimum absolute atomic E-state index is 0.602. The first-order valence-corrected chi connectivity index (χ1v) is 10.7. The average molecular weight is 427 g/mol. The Kier molecular flexibility index (Phi) is 7.52. The van der Waals surface area contributed by atoms with Crippen LogP contribution in [-0.2, 0) is 0 Å². The molecule has 162 valence electrons. The van der Waals surface area contributed by atoms with Gasteiger partial charge >= 0.3 is 0 Å². The lowest BCUT2D eigenvalue weighted by atomic mass is 10.3. The van der Waals surface area contributed by atoms with E-state index in [2.05, 4.69) is 20.0 Å². The third-order valence-corrected chi connectivity index (χ3v) is 4.71. The Labute approximate surface area is 187 Å². The van der Waals surface area contributed by atoms with Gasteiger partial charge in [0.2, 0.25) is 0 Å². The molecular formula is C26H26N4O2. The Bertz CT molecular complexity index is 1040. The zero-order valence-electron chi connectivity index (χ0n) is 17.8. The molecule has 0 aliphatic rings. The van der Waals surface area contributed by atoms with Gasteiger partial charge < -0.3 is 19.4 Å². The van der Waals surface area contributed by atoms with Crippen molar-refractivity contribution < 1.29 is 9.47 Å². The smallest absolute Gasteiger partial charge is 0.144 e. The predicted octanol–water partition coefficient (Wildman–Crippen LogP) is 6.08. The summed E-state index contributed by atoms with van der Waals surface area (Å²) in [6.07, 6.45) is 9.10. The number of nitrogens with one attached hydrogen (secondary N) is 2. The number of hydrogen-bond donors (Lipinski definition) is 2. The van der Waals surface area contributed by atoms with Crippen molar-refractivity contribution in [3.05, 3.63) is 96.6 Å². The fraction of sp³-hybridized carbons (Fsp3) is 0.154. The van der Waals surface area contributed by atoms with Crippen molar-refractivity contribution >= 4 is 23.8 Å². The van der Waals surface area contributed by atoms with Crippen LogP contribution in [0, 0.1) is 0 Å². The van der Waals surface area contributed by atoms with Crippen LogP contribution in [0.2, 0.25) is 0 Å². The van der Waals surface area contributed by atoms with Crippen LogP contribution >= 0.6 is 0 Å². The molecule has 0 spiro atoms. The Hall–Kier alpha value is -4.06.